The minimum absolute atomic E-state index is 0.144. The Balaban J connectivity index is 1.47. The van der Waals surface area contributed by atoms with Crippen molar-refractivity contribution in [3.8, 4) is 5.75 Å². The largest absolute Gasteiger partial charge is 0.496 e. The van der Waals surface area contributed by atoms with Gasteiger partial charge in [-0.1, -0.05) is 29.8 Å². The van der Waals surface area contributed by atoms with Crippen molar-refractivity contribution < 1.29 is 19.1 Å². The summed E-state index contributed by atoms with van der Waals surface area (Å²) < 4.78 is 10.9. The Bertz CT molecular complexity index is 1070. The highest BCUT2D eigenvalue weighted by Crippen LogP contribution is 2.34. The van der Waals surface area contributed by atoms with Gasteiger partial charge >= 0.3 is 0 Å². The molecule has 2 amide bonds. The zero-order chi connectivity index (χ0) is 23.4. The second kappa shape index (κ2) is 10.4. The number of hydrogen-bond donors (Lipinski definition) is 1. The van der Waals surface area contributed by atoms with Crippen LogP contribution in [0.3, 0.4) is 0 Å². The van der Waals surface area contributed by atoms with Crippen molar-refractivity contribution >= 4 is 46.6 Å². The Labute approximate surface area is 202 Å². The van der Waals surface area contributed by atoms with Crippen molar-refractivity contribution in [3.63, 3.8) is 0 Å². The van der Waals surface area contributed by atoms with E-state index in [0.717, 1.165) is 18.8 Å². The van der Waals surface area contributed by atoms with E-state index in [-0.39, 0.29) is 16.8 Å². The molecule has 0 saturated carbocycles. The second-order valence-corrected chi connectivity index (χ2v) is 9.20. The number of carbonyl (C=O) groups excluding carboxylic acids is 2. The third-order valence-electron chi connectivity index (χ3n) is 5.63. The zero-order valence-corrected chi connectivity index (χ0v) is 20.2. The van der Waals surface area contributed by atoms with Crippen molar-refractivity contribution in [1.82, 2.24) is 4.90 Å². The van der Waals surface area contributed by atoms with Gasteiger partial charge in [0.1, 0.15) is 16.4 Å². The highest BCUT2D eigenvalue weighted by atomic mass is 35.5. The van der Waals surface area contributed by atoms with Crippen LogP contribution in [0.4, 0.5) is 11.4 Å². The minimum Gasteiger partial charge on any atom is -0.496 e. The van der Waals surface area contributed by atoms with E-state index in [1.54, 1.807) is 24.0 Å². The number of carbonyl (C=O) groups is 2. The highest BCUT2D eigenvalue weighted by molar-refractivity contribution is 8.04. The smallest absolute Gasteiger partial charge is 0.265 e. The lowest BCUT2D eigenvalue weighted by Gasteiger charge is -2.36. The summed E-state index contributed by atoms with van der Waals surface area (Å²) in [7, 11) is 1.50. The van der Waals surface area contributed by atoms with Gasteiger partial charge in [-0.3, -0.25) is 9.59 Å². The fourth-order valence-corrected chi connectivity index (χ4v) is 4.90. The predicted molar refractivity (Wildman–Crippen MR) is 132 cm³/mol. The average Bonchev–Trinajstić information content (AvgIpc) is 2.85. The molecular formula is C24H26ClN3O4S. The van der Waals surface area contributed by atoms with E-state index in [0.29, 0.717) is 53.1 Å². The van der Waals surface area contributed by atoms with Gasteiger partial charge in [0, 0.05) is 43.7 Å². The number of para-hydroxylation sites is 1. The van der Waals surface area contributed by atoms with Crippen molar-refractivity contribution in [2.75, 3.05) is 55.9 Å². The number of allylic oxidation sites excluding steroid dienone is 1. The molecule has 33 heavy (non-hydrogen) atoms. The van der Waals surface area contributed by atoms with Crippen LogP contribution in [0.1, 0.15) is 17.3 Å². The van der Waals surface area contributed by atoms with Gasteiger partial charge in [-0.05, 0) is 25.1 Å². The maximum atomic E-state index is 13.3. The summed E-state index contributed by atoms with van der Waals surface area (Å²) in [6.45, 7) is 5.03. The van der Waals surface area contributed by atoms with E-state index < -0.39 is 0 Å². The van der Waals surface area contributed by atoms with Gasteiger partial charge in [-0.15, -0.1) is 11.8 Å². The van der Waals surface area contributed by atoms with Crippen LogP contribution in [-0.4, -0.2) is 62.4 Å². The Morgan fingerprint density at radius 2 is 1.85 bits per heavy atom. The molecule has 0 unspecified atom stereocenters. The Kier molecular flexibility index (Phi) is 7.35. The van der Waals surface area contributed by atoms with E-state index in [1.165, 1.54) is 18.9 Å². The molecule has 2 aliphatic heterocycles. The maximum Gasteiger partial charge on any atom is 0.265 e. The van der Waals surface area contributed by atoms with Crippen LogP contribution in [0.25, 0.3) is 0 Å². The Morgan fingerprint density at radius 1 is 1.12 bits per heavy atom. The summed E-state index contributed by atoms with van der Waals surface area (Å²) in [6.07, 6.45) is 0. The molecule has 1 N–H and O–H groups in total. The summed E-state index contributed by atoms with van der Waals surface area (Å²) in [6, 6.07) is 13.3. The summed E-state index contributed by atoms with van der Waals surface area (Å²) in [5, 5.41) is 3.09. The summed E-state index contributed by atoms with van der Waals surface area (Å²) in [4.78, 5) is 30.5. The van der Waals surface area contributed by atoms with E-state index in [2.05, 4.69) is 22.3 Å². The first-order chi connectivity index (χ1) is 16.0. The number of halogens is 1. The Hall–Kier alpha value is -2.84. The molecule has 174 valence electrons. The average molecular weight is 488 g/mol. The zero-order valence-electron chi connectivity index (χ0n) is 18.6. The summed E-state index contributed by atoms with van der Waals surface area (Å²) in [5.74, 6) is 1.23. The molecule has 2 heterocycles. The highest BCUT2D eigenvalue weighted by Gasteiger charge is 2.26. The molecule has 1 fully saturated rings. The number of benzene rings is 2. The first kappa shape index (κ1) is 23.3. The molecule has 2 aromatic rings. The Morgan fingerprint density at radius 3 is 2.52 bits per heavy atom. The lowest BCUT2D eigenvalue weighted by molar-refractivity contribution is -0.112. The second-order valence-electron chi connectivity index (χ2n) is 7.68. The van der Waals surface area contributed by atoms with E-state index in [9.17, 15) is 9.59 Å². The van der Waals surface area contributed by atoms with Gasteiger partial charge in [-0.2, -0.15) is 0 Å². The fourth-order valence-electron chi connectivity index (χ4n) is 3.87. The first-order valence-corrected chi connectivity index (χ1v) is 12.1. The van der Waals surface area contributed by atoms with Crippen LogP contribution in [-0.2, 0) is 9.53 Å². The number of nitrogens with zero attached hydrogens (tertiary/aromatic N) is 2. The monoisotopic (exact) mass is 487 g/mol. The van der Waals surface area contributed by atoms with Gasteiger partial charge in [0.2, 0.25) is 0 Å². The standard InChI is InChI=1S/C24H26ClN3O4S/c1-16-22(33-13-12-32-16)23(29)26-20-15-21(31-2)18(14-19(20)25)24(30)28-10-8-27(9-11-28)17-6-4-3-5-7-17/h3-7,14-15H,8-13H2,1-2H3,(H,26,29). The van der Waals surface area contributed by atoms with E-state index in [1.807, 2.05) is 18.2 Å². The quantitative estimate of drug-likeness (QED) is 0.680. The summed E-state index contributed by atoms with van der Waals surface area (Å²) >= 11 is 7.90. The molecule has 2 aromatic carbocycles. The molecule has 0 bridgehead atoms. The van der Waals surface area contributed by atoms with Crippen LogP contribution in [0.15, 0.2) is 53.1 Å². The number of anilines is 2. The van der Waals surface area contributed by atoms with E-state index in [4.69, 9.17) is 21.1 Å². The number of amides is 2. The molecule has 9 heteroatoms. The number of nitrogens with one attached hydrogen (secondary N) is 1. The molecule has 0 aliphatic carbocycles. The van der Waals surface area contributed by atoms with Crippen molar-refractivity contribution in [1.29, 1.82) is 0 Å². The molecule has 0 atom stereocenters. The lowest BCUT2D eigenvalue weighted by atomic mass is 10.1. The molecule has 4 rings (SSSR count). The van der Waals surface area contributed by atoms with Gasteiger partial charge in [0.15, 0.2) is 0 Å². The molecular weight excluding hydrogens is 462 g/mol. The van der Waals surface area contributed by atoms with Crippen LogP contribution >= 0.6 is 23.4 Å². The van der Waals surface area contributed by atoms with Crippen LogP contribution in [0.5, 0.6) is 5.75 Å². The topological polar surface area (TPSA) is 71.1 Å². The van der Waals surface area contributed by atoms with Crippen LogP contribution in [0.2, 0.25) is 5.02 Å². The van der Waals surface area contributed by atoms with Crippen molar-refractivity contribution in [3.05, 3.63) is 63.7 Å². The third kappa shape index (κ3) is 5.23. The molecule has 0 radical (unpaired) electrons. The number of methoxy groups -OCH3 is 1. The molecule has 7 nitrogen and oxygen atoms in total. The van der Waals surface area contributed by atoms with Gasteiger partial charge in [0.05, 0.1) is 30.0 Å². The molecule has 0 aromatic heterocycles. The molecule has 1 saturated heterocycles. The fraction of sp³-hybridized carbons (Fsp3) is 0.333. The van der Waals surface area contributed by atoms with Crippen LogP contribution in [0, 0.1) is 0 Å². The number of hydrogen-bond acceptors (Lipinski definition) is 6. The molecule has 0 spiro atoms. The van der Waals surface area contributed by atoms with Crippen LogP contribution < -0.4 is 15.0 Å². The number of thioether (sulfide) groups is 1. The summed E-state index contributed by atoms with van der Waals surface area (Å²) in [5.41, 5.74) is 1.91. The number of piperazine rings is 1. The number of ether oxygens (including phenoxy) is 2. The third-order valence-corrected chi connectivity index (χ3v) is 7.08. The maximum absolute atomic E-state index is 13.3. The van der Waals surface area contributed by atoms with Crippen molar-refractivity contribution in [2.24, 2.45) is 0 Å². The van der Waals surface area contributed by atoms with Crippen molar-refractivity contribution in [2.45, 2.75) is 6.92 Å². The minimum atomic E-state index is -0.294. The normalized spacial score (nSPS) is 16.3. The van der Waals surface area contributed by atoms with Gasteiger partial charge in [0.25, 0.3) is 11.8 Å². The number of rotatable bonds is 5. The molecule has 2 aliphatic rings. The van der Waals surface area contributed by atoms with E-state index >= 15 is 0 Å². The lowest BCUT2D eigenvalue weighted by Crippen LogP contribution is -2.48. The van der Waals surface area contributed by atoms with Gasteiger partial charge < -0.3 is 24.6 Å². The SMILES string of the molecule is COc1cc(NC(=O)C2=C(C)OCCS2)c(Cl)cc1C(=O)N1CCN(c2ccccc2)CC1. The first-order valence-electron chi connectivity index (χ1n) is 10.7. The predicted octanol–water partition coefficient (Wildman–Crippen LogP) is 4.24. The van der Waals surface area contributed by atoms with Gasteiger partial charge in [-0.25, -0.2) is 0 Å².